The van der Waals surface area contributed by atoms with Crippen LogP contribution in [0.5, 0.6) is 0 Å². The predicted octanol–water partition coefficient (Wildman–Crippen LogP) is 3.31. The number of amides is 2. The van der Waals surface area contributed by atoms with Gasteiger partial charge in [0.2, 0.25) is 5.91 Å². The van der Waals surface area contributed by atoms with Gasteiger partial charge in [-0.3, -0.25) is 19.6 Å². The summed E-state index contributed by atoms with van der Waals surface area (Å²) in [6.07, 6.45) is 9.91. The van der Waals surface area contributed by atoms with Crippen LogP contribution in [-0.2, 0) is 11.2 Å². The van der Waals surface area contributed by atoms with Crippen molar-refractivity contribution in [1.29, 1.82) is 0 Å². The van der Waals surface area contributed by atoms with Gasteiger partial charge in [0.25, 0.3) is 5.91 Å². The van der Waals surface area contributed by atoms with Crippen LogP contribution in [0.2, 0.25) is 0 Å². The van der Waals surface area contributed by atoms with E-state index in [0.717, 1.165) is 48.0 Å². The summed E-state index contributed by atoms with van der Waals surface area (Å²) in [6.45, 7) is 5.94. The lowest BCUT2D eigenvalue weighted by molar-refractivity contribution is -0.119. The second-order valence-electron chi connectivity index (χ2n) is 9.62. The van der Waals surface area contributed by atoms with Crippen LogP contribution in [0.4, 0.5) is 5.82 Å². The Morgan fingerprint density at radius 1 is 1.12 bits per heavy atom. The van der Waals surface area contributed by atoms with Gasteiger partial charge in [-0.15, -0.1) is 0 Å². The lowest BCUT2D eigenvalue weighted by Crippen LogP contribution is -2.40. The zero-order valence-corrected chi connectivity index (χ0v) is 19.1. The van der Waals surface area contributed by atoms with Crippen LogP contribution in [0.25, 0.3) is 0 Å². The molecule has 2 aliphatic heterocycles. The minimum Gasteiger partial charge on any atom is -0.338 e. The van der Waals surface area contributed by atoms with E-state index in [1.165, 1.54) is 32.1 Å². The number of nitrogens with one attached hydrogen (secondary N) is 1. The van der Waals surface area contributed by atoms with E-state index in [1.54, 1.807) is 6.20 Å². The minimum atomic E-state index is 0.00235. The average Bonchev–Trinajstić information content (AvgIpc) is 3.45. The summed E-state index contributed by atoms with van der Waals surface area (Å²) in [5.41, 5.74) is 3.50. The molecular formula is C24H32N6O2. The maximum atomic E-state index is 12.9. The van der Waals surface area contributed by atoms with Gasteiger partial charge >= 0.3 is 0 Å². The Hall–Kier alpha value is -2.77. The van der Waals surface area contributed by atoms with Crippen molar-refractivity contribution in [3.8, 4) is 0 Å². The number of aromatic amines is 1. The number of rotatable bonds is 4. The molecule has 1 saturated heterocycles. The number of H-pyrrole nitrogens is 1. The van der Waals surface area contributed by atoms with E-state index in [0.29, 0.717) is 31.0 Å². The second-order valence-corrected chi connectivity index (χ2v) is 9.62. The molecule has 2 amide bonds. The van der Waals surface area contributed by atoms with Crippen LogP contribution < -0.4 is 4.90 Å². The first-order chi connectivity index (χ1) is 15.5. The number of likely N-dealkylation sites (tertiary alicyclic amines) is 1. The third-order valence-corrected chi connectivity index (χ3v) is 7.42. The smallest absolute Gasteiger partial charge is 0.257 e. The number of hydrogen-bond acceptors (Lipinski definition) is 5. The topological polar surface area (TPSA) is 95.1 Å². The van der Waals surface area contributed by atoms with Gasteiger partial charge in [-0.2, -0.15) is 5.10 Å². The first-order valence-corrected chi connectivity index (χ1v) is 12.0. The lowest BCUT2D eigenvalue weighted by Gasteiger charge is -2.33. The van der Waals surface area contributed by atoms with Crippen molar-refractivity contribution in [2.75, 3.05) is 24.5 Å². The molecule has 0 unspecified atom stereocenters. The molecule has 0 aromatic carbocycles. The number of hydrogen-bond donors (Lipinski definition) is 1. The number of fused-ring (bicyclic) bond motifs is 1. The Bertz CT molecular complexity index is 1030. The SMILES string of the molecule is Cc1nc([C@@H]2CCN(C(=O)c3cn[nH]c3C)C2)nc2c1CCC(=O)N2CC1CCCCC1. The number of aryl methyl sites for hydroxylation is 2. The molecule has 5 rings (SSSR count). The van der Waals surface area contributed by atoms with Crippen molar-refractivity contribution >= 4 is 17.6 Å². The van der Waals surface area contributed by atoms with Crippen molar-refractivity contribution < 1.29 is 9.59 Å². The molecule has 0 bridgehead atoms. The van der Waals surface area contributed by atoms with E-state index in [-0.39, 0.29) is 17.7 Å². The Kier molecular flexibility index (Phi) is 5.69. The first kappa shape index (κ1) is 21.1. The molecule has 2 aromatic rings. The monoisotopic (exact) mass is 436 g/mol. The van der Waals surface area contributed by atoms with Gasteiger partial charge in [-0.1, -0.05) is 19.3 Å². The van der Waals surface area contributed by atoms with Crippen molar-refractivity contribution in [1.82, 2.24) is 25.1 Å². The molecule has 170 valence electrons. The fraction of sp³-hybridized carbons (Fsp3) is 0.625. The van der Waals surface area contributed by atoms with Crippen LogP contribution in [0, 0.1) is 19.8 Å². The number of nitrogens with zero attached hydrogens (tertiary/aromatic N) is 5. The Morgan fingerprint density at radius 2 is 1.94 bits per heavy atom. The standard InChI is InChI=1S/C24H32N6O2/c1-15-19-8-9-21(31)30(13-17-6-4-3-5-7-17)23(19)27-22(26-15)18-10-11-29(14-18)24(32)20-12-25-28-16(20)2/h12,17-18H,3-11,13-14H2,1-2H3,(H,25,28)/t18-/m1/s1. The maximum Gasteiger partial charge on any atom is 0.257 e. The van der Waals surface area contributed by atoms with Gasteiger partial charge < -0.3 is 4.90 Å². The Morgan fingerprint density at radius 3 is 2.69 bits per heavy atom. The maximum absolute atomic E-state index is 12.9. The number of carbonyl (C=O) groups excluding carboxylic acids is 2. The summed E-state index contributed by atoms with van der Waals surface area (Å²) >= 11 is 0. The highest BCUT2D eigenvalue weighted by Gasteiger charge is 2.34. The average molecular weight is 437 g/mol. The zero-order valence-electron chi connectivity index (χ0n) is 19.1. The van der Waals surface area contributed by atoms with Crippen molar-refractivity contribution in [2.45, 2.75) is 71.1 Å². The highest BCUT2D eigenvalue weighted by atomic mass is 16.2. The molecule has 0 spiro atoms. The first-order valence-electron chi connectivity index (χ1n) is 12.0. The highest BCUT2D eigenvalue weighted by Crippen LogP contribution is 2.34. The lowest BCUT2D eigenvalue weighted by atomic mass is 9.88. The quantitative estimate of drug-likeness (QED) is 0.793. The molecule has 32 heavy (non-hydrogen) atoms. The molecule has 2 fully saturated rings. The summed E-state index contributed by atoms with van der Waals surface area (Å²) in [5, 5.41) is 6.82. The molecule has 0 radical (unpaired) electrons. The fourth-order valence-electron chi connectivity index (χ4n) is 5.49. The van der Waals surface area contributed by atoms with E-state index >= 15 is 0 Å². The van der Waals surface area contributed by atoms with Gasteiger partial charge in [0, 0.05) is 48.9 Å². The highest BCUT2D eigenvalue weighted by molar-refractivity contribution is 5.96. The van der Waals surface area contributed by atoms with E-state index < -0.39 is 0 Å². The van der Waals surface area contributed by atoms with E-state index in [2.05, 4.69) is 10.2 Å². The molecule has 4 heterocycles. The van der Waals surface area contributed by atoms with Gasteiger partial charge in [-0.25, -0.2) is 9.97 Å². The second kappa shape index (κ2) is 8.64. The summed E-state index contributed by atoms with van der Waals surface area (Å²) in [6, 6.07) is 0. The van der Waals surface area contributed by atoms with Crippen LogP contribution in [0.15, 0.2) is 6.20 Å². The summed E-state index contributed by atoms with van der Waals surface area (Å²) < 4.78 is 0. The fourth-order valence-corrected chi connectivity index (χ4v) is 5.49. The normalized spacial score (nSPS) is 21.8. The van der Waals surface area contributed by atoms with Gasteiger partial charge in [0.05, 0.1) is 11.8 Å². The van der Waals surface area contributed by atoms with E-state index in [4.69, 9.17) is 9.97 Å². The van der Waals surface area contributed by atoms with Crippen LogP contribution in [0.1, 0.15) is 84.0 Å². The van der Waals surface area contributed by atoms with Crippen molar-refractivity contribution in [3.63, 3.8) is 0 Å². The summed E-state index contributed by atoms with van der Waals surface area (Å²) in [7, 11) is 0. The van der Waals surface area contributed by atoms with Gasteiger partial charge in [-0.05, 0) is 45.4 Å². The summed E-state index contributed by atoms with van der Waals surface area (Å²) in [4.78, 5) is 39.4. The van der Waals surface area contributed by atoms with Crippen LogP contribution in [-0.4, -0.2) is 56.5 Å². The number of anilines is 1. The molecular weight excluding hydrogens is 404 g/mol. The van der Waals surface area contributed by atoms with Crippen LogP contribution in [0.3, 0.4) is 0 Å². The largest absolute Gasteiger partial charge is 0.338 e. The van der Waals surface area contributed by atoms with Gasteiger partial charge in [0.1, 0.15) is 11.6 Å². The minimum absolute atomic E-state index is 0.00235. The third-order valence-electron chi connectivity index (χ3n) is 7.42. The van der Waals surface area contributed by atoms with E-state index in [1.807, 2.05) is 23.6 Å². The Labute approximate surface area is 188 Å². The van der Waals surface area contributed by atoms with E-state index in [9.17, 15) is 9.59 Å². The molecule has 3 aliphatic rings. The predicted molar refractivity (Wildman–Crippen MR) is 121 cm³/mol. The third kappa shape index (κ3) is 3.91. The van der Waals surface area contributed by atoms with Crippen molar-refractivity contribution in [2.24, 2.45) is 5.92 Å². The molecule has 1 N–H and O–H groups in total. The molecule has 2 aromatic heterocycles. The van der Waals surface area contributed by atoms with Crippen LogP contribution >= 0.6 is 0 Å². The molecule has 1 atom stereocenters. The molecule has 8 heteroatoms. The number of carbonyl (C=O) groups is 2. The van der Waals surface area contributed by atoms with Gasteiger partial charge in [0.15, 0.2) is 0 Å². The zero-order chi connectivity index (χ0) is 22.2. The molecule has 1 saturated carbocycles. The molecule has 8 nitrogen and oxygen atoms in total. The number of aromatic nitrogens is 4. The Balaban J connectivity index is 1.38. The summed E-state index contributed by atoms with van der Waals surface area (Å²) in [5.74, 6) is 2.43. The molecule has 1 aliphatic carbocycles. The van der Waals surface area contributed by atoms with Crippen molar-refractivity contribution in [3.05, 3.63) is 34.5 Å².